The molecule has 0 rings (SSSR count). The van der Waals surface area contributed by atoms with Crippen LogP contribution in [0.15, 0.2) is 0 Å². The van der Waals surface area contributed by atoms with Gasteiger partial charge in [0.1, 0.15) is 0 Å². The Bertz CT molecular complexity index is 15.5. The van der Waals surface area contributed by atoms with Crippen LogP contribution in [0, 0.1) is 0 Å². The topological polar surface area (TPSA) is 69.2 Å². The summed E-state index contributed by atoms with van der Waals surface area (Å²) < 4.78 is 0. The van der Waals surface area contributed by atoms with E-state index in [2.05, 4.69) is 0 Å². The van der Waals surface area contributed by atoms with Gasteiger partial charge in [-0.1, -0.05) is 0 Å². The Morgan fingerprint density at radius 2 is 1.00 bits per heavy atom. The number of rotatable bonds is 0. The van der Waals surface area contributed by atoms with E-state index in [9.17, 15) is 0 Å². The van der Waals surface area contributed by atoms with Crippen molar-refractivity contribution in [1.29, 1.82) is 0 Å². The van der Waals surface area contributed by atoms with Crippen molar-refractivity contribution < 1.29 is 34.6 Å². The van der Waals surface area contributed by atoms with Gasteiger partial charge in [-0.2, -0.15) is 0 Å². The first kappa shape index (κ1) is 15.6. The third-order valence-electron chi connectivity index (χ3n) is 0. The van der Waals surface area contributed by atoms with Crippen LogP contribution in [0.25, 0.3) is 0 Å². The summed E-state index contributed by atoms with van der Waals surface area (Å²) in [6, 6.07) is 0. The van der Waals surface area contributed by atoms with Crippen LogP contribution >= 0.6 is 0 Å². The van der Waals surface area contributed by atoms with E-state index >= 15 is 0 Å². The maximum atomic E-state index is 8.42. The van der Waals surface area contributed by atoms with Gasteiger partial charge in [-0.3, -0.25) is 7.32 Å². The van der Waals surface area contributed by atoms with Crippen LogP contribution in [0.3, 0.4) is 0 Å². The largest absolute Gasteiger partial charge is 2.00 e. The number of hydrogen-bond donors (Lipinski definition) is 0. The van der Waals surface area contributed by atoms with E-state index in [1.54, 1.807) is 0 Å². The van der Waals surface area contributed by atoms with Gasteiger partial charge in [-0.25, -0.2) is 0 Å². The van der Waals surface area contributed by atoms with Gasteiger partial charge in [0, 0.05) is 27.3 Å². The fraction of sp³-hybridized carbons (Fsp3) is 0. The summed E-state index contributed by atoms with van der Waals surface area (Å²) in [5, 5.41) is 25.2. The molecule has 0 amide bonds. The Hall–Kier alpha value is 1.49. The zero-order valence-electron chi connectivity index (χ0n) is 3.01. The van der Waals surface area contributed by atoms with Gasteiger partial charge in [0.05, 0.1) is 0 Å². The van der Waals surface area contributed by atoms with Crippen LogP contribution in [0.5, 0.6) is 0 Å². The molecule has 0 aromatic heterocycles. The summed E-state index contributed by atoms with van der Waals surface area (Å²) in [6.07, 6.45) is 0. The zero-order chi connectivity index (χ0) is 3.58. The smallest absolute Gasteiger partial charge is 0.907 e. The quantitative estimate of drug-likeness (QED) is 0.422. The Kier molecular flexibility index (Phi) is 25.3. The van der Waals surface area contributed by atoms with Crippen molar-refractivity contribution in [3.05, 3.63) is 0 Å². The van der Waals surface area contributed by atoms with Crippen molar-refractivity contribution in [3.63, 3.8) is 0 Å². The van der Waals surface area contributed by atoms with Gasteiger partial charge in [0.25, 0.3) is 0 Å². The van der Waals surface area contributed by atoms with Gasteiger partial charge >= 0.3 is 19.5 Å². The van der Waals surface area contributed by atoms with Crippen LogP contribution in [-0.2, 0) is 19.5 Å². The summed E-state index contributed by atoms with van der Waals surface area (Å²) in [7, 11) is -2.92. The molecule has 0 unspecified atom stereocenters. The molecule has 0 saturated carbocycles. The van der Waals surface area contributed by atoms with Crippen LogP contribution in [0.1, 0.15) is 0 Å². The molecule has 0 atom stereocenters. The van der Waals surface area contributed by atoms with Crippen LogP contribution in [0.2, 0.25) is 0 Å². The third kappa shape index (κ3) is 49.8. The molecule has 6 heteroatoms. The Balaban J connectivity index is -0.0000000450. The third-order valence-corrected chi connectivity index (χ3v) is 0. The second-order valence-electron chi connectivity index (χ2n) is 0.289. The number of hydrogen-bond acceptors (Lipinski definition) is 3. The molecular formula is BO3PbZn-. The monoisotopic (exact) mass is 331 g/mol. The first-order valence-corrected chi connectivity index (χ1v) is 0.707. The van der Waals surface area contributed by atoms with Crippen molar-refractivity contribution in [2.45, 2.75) is 0 Å². The van der Waals surface area contributed by atoms with E-state index in [1.165, 1.54) is 0 Å². The van der Waals surface area contributed by atoms with E-state index in [4.69, 9.17) is 15.1 Å². The molecule has 0 spiro atoms. The Labute approximate surface area is 68.9 Å². The molecule has 0 aliphatic carbocycles. The molecule has 0 N–H and O–H groups in total. The maximum Gasteiger partial charge on any atom is 2.00 e. The van der Waals surface area contributed by atoms with Crippen LogP contribution in [-0.4, -0.2) is 34.6 Å². The fourth-order valence-corrected chi connectivity index (χ4v) is 0. The average molecular weight is 331 g/mol. The van der Waals surface area contributed by atoms with Crippen molar-refractivity contribution in [2.75, 3.05) is 0 Å². The molecule has 0 saturated heterocycles. The van der Waals surface area contributed by atoms with Crippen LogP contribution in [0.4, 0.5) is 0 Å². The van der Waals surface area contributed by atoms with E-state index in [-0.39, 0.29) is 46.8 Å². The second kappa shape index (κ2) is 9.70. The molecule has 6 heavy (non-hydrogen) atoms. The minimum absolute atomic E-state index is 0. The van der Waals surface area contributed by atoms with Gasteiger partial charge < -0.3 is 15.1 Å². The molecule has 0 aromatic rings. The molecule has 4 radical (unpaired) electrons. The van der Waals surface area contributed by atoms with Gasteiger partial charge in [0.2, 0.25) is 0 Å². The van der Waals surface area contributed by atoms with E-state index in [0.717, 1.165) is 0 Å². The summed E-state index contributed by atoms with van der Waals surface area (Å²) in [5.41, 5.74) is 0. The van der Waals surface area contributed by atoms with Crippen LogP contribution < -0.4 is 15.1 Å². The predicted molar refractivity (Wildman–Crippen MR) is 11.5 cm³/mol. The van der Waals surface area contributed by atoms with Crippen molar-refractivity contribution >= 4 is 34.6 Å². The maximum absolute atomic E-state index is 8.42. The molecule has 0 aromatic carbocycles. The van der Waals surface area contributed by atoms with Crippen molar-refractivity contribution in [1.82, 2.24) is 0 Å². The summed E-state index contributed by atoms with van der Waals surface area (Å²) >= 11 is 0. The van der Waals surface area contributed by atoms with Gasteiger partial charge in [-0.05, 0) is 0 Å². The first-order valence-electron chi connectivity index (χ1n) is 0.707. The predicted octanol–water partition coefficient (Wildman–Crippen LogP) is -4.33. The second-order valence-corrected chi connectivity index (χ2v) is 0.289. The summed E-state index contributed by atoms with van der Waals surface area (Å²) in [5.74, 6) is 0. The minimum Gasteiger partial charge on any atom is -0.907 e. The van der Waals surface area contributed by atoms with Gasteiger partial charge in [-0.15, -0.1) is 0 Å². The molecule has 0 heterocycles. The summed E-state index contributed by atoms with van der Waals surface area (Å²) in [6.45, 7) is 0. The van der Waals surface area contributed by atoms with E-state index in [0.29, 0.717) is 0 Å². The minimum atomic E-state index is -2.92. The summed E-state index contributed by atoms with van der Waals surface area (Å²) in [4.78, 5) is 0. The molecule has 0 fully saturated rings. The molecule has 3 nitrogen and oxygen atoms in total. The molecular weight excluding hydrogens is 331 g/mol. The molecule has 0 aliphatic heterocycles. The average Bonchev–Trinajstić information content (AvgIpc) is 0.811. The Morgan fingerprint density at radius 3 is 1.00 bits per heavy atom. The van der Waals surface area contributed by atoms with E-state index in [1.807, 2.05) is 0 Å². The van der Waals surface area contributed by atoms with E-state index < -0.39 is 7.32 Å². The van der Waals surface area contributed by atoms with Crippen molar-refractivity contribution in [3.8, 4) is 0 Å². The SMILES string of the molecule is [O-]B([O-])[O-].[Pb].[Zn+2]. The zero-order valence-corrected chi connectivity index (χ0v) is 9.86. The molecule has 0 bridgehead atoms. The Morgan fingerprint density at radius 1 is 1.00 bits per heavy atom. The van der Waals surface area contributed by atoms with Gasteiger partial charge in [0.15, 0.2) is 0 Å². The first-order chi connectivity index (χ1) is 1.73. The molecule has 0 aliphatic rings. The van der Waals surface area contributed by atoms with Crippen molar-refractivity contribution in [2.24, 2.45) is 0 Å². The standard InChI is InChI=1S/BO3.Pb.Zn/c2-1(3)4;;/q-3;;+2. The molecule has 28 valence electrons. The normalized spacial score (nSPS) is 4.50. The fourth-order valence-electron chi connectivity index (χ4n) is 0.